The van der Waals surface area contributed by atoms with E-state index < -0.39 is 10.0 Å². The van der Waals surface area contributed by atoms with E-state index in [1.807, 2.05) is 30.3 Å². The summed E-state index contributed by atoms with van der Waals surface area (Å²) in [7, 11) is -3.71. The lowest BCUT2D eigenvalue weighted by atomic mass is 10.2. The van der Waals surface area contributed by atoms with E-state index in [0.29, 0.717) is 17.2 Å². The number of anilines is 1. The SMILES string of the molecule is O=S(=O)(Nc1nncs1)c1ccc(-c2ncc(-c3ccccc3)o2)cc1. The Bertz CT molecular complexity index is 1110. The van der Waals surface area contributed by atoms with E-state index in [1.54, 1.807) is 18.3 Å². The second-order valence-electron chi connectivity index (χ2n) is 5.27. The number of sulfonamides is 1. The van der Waals surface area contributed by atoms with Gasteiger partial charge >= 0.3 is 0 Å². The van der Waals surface area contributed by atoms with Crippen molar-refractivity contribution in [2.75, 3.05) is 4.72 Å². The molecular formula is C17H12N4O3S2. The van der Waals surface area contributed by atoms with Gasteiger partial charge in [-0.3, -0.25) is 4.72 Å². The molecule has 0 radical (unpaired) electrons. The molecule has 0 saturated carbocycles. The minimum atomic E-state index is -3.71. The highest BCUT2D eigenvalue weighted by Crippen LogP contribution is 2.27. The standard InChI is InChI=1S/C17H12N4O3S2/c22-26(23,21-17-20-19-11-25-17)14-8-6-13(7-9-14)16-18-10-15(24-16)12-4-2-1-3-5-12/h1-11H,(H,20,21). The molecule has 0 aliphatic rings. The van der Waals surface area contributed by atoms with Crippen molar-refractivity contribution in [3.8, 4) is 22.8 Å². The van der Waals surface area contributed by atoms with Crippen molar-refractivity contribution in [3.05, 3.63) is 66.3 Å². The van der Waals surface area contributed by atoms with Gasteiger partial charge in [0.2, 0.25) is 11.0 Å². The van der Waals surface area contributed by atoms with Crippen molar-refractivity contribution >= 4 is 26.5 Å². The van der Waals surface area contributed by atoms with Crippen LogP contribution in [-0.2, 0) is 10.0 Å². The summed E-state index contributed by atoms with van der Waals surface area (Å²) in [5, 5.41) is 7.50. The van der Waals surface area contributed by atoms with Gasteiger partial charge in [0.25, 0.3) is 10.0 Å². The van der Waals surface area contributed by atoms with Crippen LogP contribution in [0.25, 0.3) is 22.8 Å². The maximum atomic E-state index is 12.3. The van der Waals surface area contributed by atoms with Crippen molar-refractivity contribution in [3.63, 3.8) is 0 Å². The minimum Gasteiger partial charge on any atom is -0.436 e. The third-order valence-corrected chi connectivity index (χ3v) is 5.65. The molecule has 7 nitrogen and oxygen atoms in total. The number of oxazole rings is 1. The molecule has 0 atom stereocenters. The molecule has 130 valence electrons. The molecule has 26 heavy (non-hydrogen) atoms. The Labute approximate surface area is 153 Å². The Morgan fingerprint density at radius 3 is 2.42 bits per heavy atom. The molecule has 0 bridgehead atoms. The topological polar surface area (TPSA) is 98.0 Å². The minimum absolute atomic E-state index is 0.117. The van der Waals surface area contributed by atoms with Crippen LogP contribution in [0.5, 0.6) is 0 Å². The van der Waals surface area contributed by atoms with Crippen LogP contribution in [-0.4, -0.2) is 23.6 Å². The normalized spacial score (nSPS) is 11.4. The number of benzene rings is 2. The number of aromatic nitrogens is 3. The zero-order valence-corrected chi connectivity index (χ0v) is 14.9. The van der Waals surface area contributed by atoms with Gasteiger partial charge in [-0.05, 0) is 24.3 Å². The van der Waals surface area contributed by atoms with Crippen molar-refractivity contribution in [2.45, 2.75) is 4.90 Å². The molecule has 1 N–H and O–H groups in total. The van der Waals surface area contributed by atoms with Gasteiger partial charge in [-0.2, -0.15) is 0 Å². The Kier molecular flexibility index (Phi) is 4.23. The lowest BCUT2D eigenvalue weighted by Crippen LogP contribution is -2.12. The molecule has 0 unspecified atom stereocenters. The maximum Gasteiger partial charge on any atom is 0.263 e. The molecule has 4 rings (SSSR count). The highest BCUT2D eigenvalue weighted by Gasteiger charge is 2.16. The number of nitrogens with one attached hydrogen (secondary N) is 1. The first-order chi connectivity index (χ1) is 12.6. The summed E-state index contributed by atoms with van der Waals surface area (Å²) in [5.74, 6) is 1.07. The molecule has 0 saturated heterocycles. The Hall–Kier alpha value is -3.04. The third-order valence-electron chi connectivity index (χ3n) is 3.56. The summed E-state index contributed by atoms with van der Waals surface area (Å²) in [6.07, 6.45) is 1.65. The van der Waals surface area contributed by atoms with E-state index in [0.717, 1.165) is 16.9 Å². The first kappa shape index (κ1) is 16.4. The second kappa shape index (κ2) is 6.70. The van der Waals surface area contributed by atoms with Crippen molar-refractivity contribution < 1.29 is 12.8 Å². The summed E-state index contributed by atoms with van der Waals surface area (Å²) in [6.45, 7) is 0. The predicted octanol–water partition coefficient (Wildman–Crippen LogP) is 3.66. The first-order valence-electron chi connectivity index (χ1n) is 7.52. The van der Waals surface area contributed by atoms with Crippen LogP contribution in [0.1, 0.15) is 0 Å². The average Bonchev–Trinajstić information content (AvgIpc) is 3.34. The molecule has 0 amide bonds. The number of hydrogen-bond acceptors (Lipinski definition) is 7. The highest BCUT2D eigenvalue weighted by atomic mass is 32.2. The summed E-state index contributed by atoms with van der Waals surface area (Å²) in [6, 6.07) is 15.9. The average molecular weight is 384 g/mol. The molecule has 4 aromatic rings. The Morgan fingerprint density at radius 1 is 0.962 bits per heavy atom. The van der Waals surface area contributed by atoms with Crippen LogP contribution in [0.15, 0.2) is 75.6 Å². The van der Waals surface area contributed by atoms with E-state index >= 15 is 0 Å². The summed E-state index contributed by atoms with van der Waals surface area (Å²) in [5.41, 5.74) is 3.06. The maximum absolute atomic E-state index is 12.3. The lowest BCUT2D eigenvalue weighted by Gasteiger charge is -2.05. The van der Waals surface area contributed by atoms with E-state index in [1.165, 1.54) is 17.6 Å². The predicted molar refractivity (Wildman–Crippen MR) is 98.1 cm³/mol. The fourth-order valence-corrected chi connectivity index (χ4v) is 4.00. The van der Waals surface area contributed by atoms with Crippen molar-refractivity contribution in [1.82, 2.24) is 15.2 Å². The molecule has 0 aliphatic carbocycles. The summed E-state index contributed by atoms with van der Waals surface area (Å²) >= 11 is 1.11. The first-order valence-corrected chi connectivity index (χ1v) is 9.89. The van der Waals surface area contributed by atoms with Gasteiger partial charge in [-0.25, -0.2) is 13.4 Å². The fraction of sp³-hybridized carbons (Fsp3) is 0. The quantitative estimate of drug-likeness (QED) is 0.564. The third kappa shape index (κ3) is 3.35. The Morgan fingerprint density at radius 2 is 1.73 bits per heavy atom. The molecule has 0 spiro atoms. The van der Waals surface area contributed by atoms with Gasteiger partial charge in [-0.1, -0.05) is 41.7 Å². The van der Waals surface area contributed by atoms with E-state index in [9.17, 15) is 8.42 Å². The number of nitrogens with zero attached hydrogens (tertiary/aromatic N) is 3. The molecule has 2 aromatic heterocycles. The molecule has 2 aromatic carbocycles. The van der Waals surface area contributed by atoms with E-state index in [4.69, 9.17) is 4.42 Å². The summed E-state index contributed by atoms with van der Waals surface area (Å²) in [4.78, 5) is 4.38. The smallest absolute Gasteiger partial charge is 0.263 e. The lowest BCUT2D eigenvalue weighted by molar-refractivity contribution is 0.588. The molecular weight excluding hydrogens is 372 g/mol. The molecule has 0 fully saturated rings. The number of hydrogen-bond donors (Lipinski definition) is 1. The van der Waals surface area contributed by atoms with Crippen molar-refractivity contribution in [2.24, 2.45) is 0 Å². The van der Waals surface area contributed by atoms with E-state index in [2.05, 4.69) is 19.9 Å². The van der Waals surface area contributed by atoms with Gasteiger partial charge < -0.3 is 4.42 Å². The largest absolute Gasteiger partial charge is 0.436 e. The van der Waals surface area contributed by atoms with Gasteiger partial charge in [0, 0.05) is 11.1 Å². The van der Waals surface area contributed by atoms with Crippen LogP contribution in [0.2, 0.25) is 0 Å². The van der Waals surface area contributed by atoms with Gasteiger partial charge in [0.15, 0.2) is 5.76 Å². The Balaban J connectivity index is 1.58. The van der Waals surface area contributed by atoms with Crippen LogP contribution in [0.3, 0.4) is 0 Å². The molecule has 0 aliphatic heterocycles. The fourth-order valence-electron chi connectivity index (χ4n) is 2.31. The van der Waals surface area contributed by atoms with Crippen LogP contribution >= 0.6 is 11.3 Å². The van der Waals surface area contributed by atoms with Crippen LogP contribution in [0, 0.1) is 0 Å². The zero-order valence-electron chi connectivity index (χ0n) is 13.2. The highest BCUT2D eigenvalue weighted by molar-refractivity contribution is 7.93. The van der Waals surface area contributed by atoms with Crippen LogP contribution < -0.4 is 4.72 Å². The van der Waals surface area contributed by atoms with Crippen molar-refractivity contribution in [1.29, 1.82) is 0 Å². The summed E-state index contributed by atoms with van der Waals surface area (Å²) < 4.78 is 32.8. The molecule has 2 heterocycles. The monoisotopic (exact) mass is 384 g/mol. The molecule has 9 heteroatoms. The van der Waals surface area contributed by atoms with E-state index in [-0.39, 0.29) is 10.0 Å². The van der Waals surface area contributed by atoms with Gasteiger partial charge in [0.05, 0.1) is 11.1 Å². The van der Waals surface area contributed by atoms with Crippen LogP contribution in [0.4, 0.5) is 5.13 Å². The second-order valence-corrected chi connectivity index (χ2v) is 7.79. The number of rotatable bonds is 5. The van der Waals surface area contributed by atoms with Gasteiger partial charge in [-0.15, -0.1) is 10.2 Å². The zero-order chi connectivity index (χ0) is 18.0. The van der Waals surface area contributed by atoms with Gasteiger partial charge in [0.1, 0.15) is 5.51 Å².